The fraction of sp³-hybridized carbons (Fsp3) is 0.714. The highest BCUT2D eigenvalue weighted by Crippen LogP contribution is 2.41. The first-order valence-electron chi connectivity index (χ1n) is 10.5. The highest BCUT2D eigenvalue weighted by atomic mass is 19.1. The lowest BCUT2D eigenvalue weighted by atomic mass is 9.71. The zero-order valence-electron chi connectivity index (χ0n) is 17.0. The maximum absolute atomic E-state index is 13.9. The Morgan fingerprint density at radius 3 is 2.72 bits per heavy atom. The molecule has 0 radical (unpaired) electrons. The number of carbonyl (C=O) groups excluding carboxylic acids is 1. The lowest BCUT2D eigenvalue weighted by molar-refractivity contribution is -0.0695. The number of likely N-dealkylation sites (tertiary alicyclic amines) is 2. The van der Waals surface area contributed by atoms with Crippen LogP contribution in [0.1, 0.15) is 42.5 Å². The van der Waals surface area contributed by atoms with Crippen LogP contribution in [0.5, 0.6) is 5.88 Å². The number of nitrogens with zero attached hydrogens (tertiary/aromatic N) is 3. The predicted octanol–water partition coefficient (Wildman–Crippen LogP) is 1.70. The zero-order chi connectivity index (χ0) is 20.4. The fourth-order valence-electron chi connectivity index (χ4n) is 5.14. The summed E-state index contributed by atoms with van der Waals surface area (Å²) >= 11 is 0. The van der Waals surface area contributed by atoms with Crippen molar-refractivity contribution in [2.45, 2.75) is 44.2 Å². The second-order valence-electron chi connectivity index (χ2n) is 8.64. The van der Waals surface area contributed by atoms with Gasteiger partial charge in [-0.15, -0.1) is 0 Å². The second kappa shape index (κ2) is 8.53. The number of halogens is 1. The summed E-state index contributed by atoms with van der Waals surface area (Å²) in [5.74, 6) is -0.940. The molecule has 8 heteroatoms. The van der Waals surface area contributed by atoms with Gasteiger partial charge in [0.05, 0.1) is 18.8 Å². The molecule has 3 aliphatic heterocycles. The molecule has 0 saturated carbocycles. The molecule has 1 atom stereocenters. The van der Waals surface area contributed by atoms with Gasteiger partial charge in [0, 0.05) is 51.6 Å². The normalized spacial score (nSPS) is 25.9. The van der Waals surface area contributed by atoms with Crippen LogP contribution >= 0.6 is 0 Å². The molecule has 1 aromatic rings. The molecule has 0 aliphatic carbocycles. The van der Waals surface area contributed by atoms with Gasteiger partial charge in [0.2, 0.25) is 5.88 Å². The summed E-state index contributed by atoms with van der Waals surface area (Å²) < 4.78 is 24.2. The van der Waals surface area contributed by atoms with Crippen molar-refractivity contribution < 1.29 is 23.8 Å². The SMILES string of the molecule is COc1ncc(C(=O)N2CCC3(CC2)CC(O)CN(C2CCOCC2)C3)cc1F. The summed E-state index contributed by atoms with van der Waals surface area (Å²) in [6.07, 6.45) is 5.56. The van der Waals surface area contributed by atoms with E-state index < -0.39 is 5.82 Å². The van der Waals surface area contributed by atoms with E-state index in [2.05, 4.69) is 9.88 Å². The Balaban J connectivity index is 1.39. The number of amides is 1. The van der Waals surface area contributed by atoms with Crippen molar-refractivity contribution in [1.82, 2.24) is 14.8 Å². The minimum atomic E-state index is -0.630. The van der Waals surface area contributed by atoms with Gasteiger partial charge in [-0.05, 0) is 43.6 Å². The molecule has 4 rings (SSSR count). The van der Waals surface area contributed by atoms with E-state index in [1.54, 1.807) is 4.90 Å². The average molecular weight is 407 g/mol. The number of β-amino-alcohol motifs (C(OH)–C–C–N with tert-alkyl or cyclic N) is 1. The van der Waals surface area contributed by atoms with Crippen LogP contribution in [0.2, 0.25) is 0 Å². The van der Waals surface area contributed by atoms with Gasteiger partial charge in [-0.1, -0.05) is 0 Å². The number of rotatable bonds is 3. The molecule has 3 saturated heterocycles. The van der Waals surface area contributed by atoms with Gasteiger partial charge < -0.3 is 19.5 Å². The molecule has 7 nitrogen and oxygen atoms in total. The lowest BCUT2D eigenvalue weighted by Gasteiger charge is -2.51. The molecule has 3 fully saturated rings. The molecule has 4 heterocycles. The molecule has 1 N–H and O–H groups in total. The average Bonchev–Trinajstić information content (AvgIpc) is 2.74. The van der Waals surface area contributed by atoms with Gasteiger partial charge in [-0.3, -0.25) is 9.69 Å². The monoisotopic (exact) mass is 407 g/mol. The Kier molecular flexibility index (Phi) is 6.03. The van der Waals surface area contributed by atoms with Crippen LogP contribution < -0.4 is 4.74 Å². The largest absolute Gasteiger partial charge is 0.479 e. The molecule has 0 aromatic carbocycles. The number of aliphatic hydroxyl groups is 1. The number of hydrogen-bond donors (Lipinski definition) is 1. The van der Waals surface area contributed by atoms with Gasteiger partial charge >= 0.3 is 0 Å². The topological polar surface area (TPSA) is 75.1 Å². The smallest absolute Gasteiger partial charge is 0.255 e. The summed E-state index contributed by atoms with van der Waals surface area (Å²) in [5, 5.41) is 10.5. The molecule has 1 unspecified atom stereocenters. The number of piperidine rings is 2. The number of pyridine rings is 1. The Hall–Kier alpha value is -1.77. The molecular formula is C21H30FN3O4. The Bertz CT molecular complexity index is 733. The Morgan fingerprint density at radius 2 is 2.07 bits per heavy atom. The fourth-order valence-corrected chi connectivity index (χ4v) is 5.14. The van der Waals surface area contributed by atoms with E-state index in [-0.39, 0.29) is 28.9 Å². The first-order valence-corrected chi connectivity index (χ1v) is 10.5. The van der Waals surface area contributed by atoms with Gasteiger partial charge in [0.15, 0.2) is 5.82 Å². The zero-order valence-corrected chi connectivity index (χ0v) is 17.0. The van der Waals surface area contributed by atoms with Crippen LogP contribution in [0.25, 0.3) is 0 Å². The summed E-state index contributed by atoms with van der Waals surface area (Å²) in [6.45, 7) is 4.50. The third kappa shape index (κ3) is 4.39. The van der Waals surface area contributed by atoms with Crippen molar-refractivity contribution in [3.05, 3.63) is 23.6 Å². The van der Waals surface area contributed by atoms with Crippen molar-refractivity contribution >= 4 is 5.91 Å². The van der Waals surface area contributed by atoms with Crippen LogP contribution in [0.3, 0.4) is 0 Å². The summed E-state index contributed by atoms with van der Waals surface area (Å²) in [5.41, 5.74) is 0.280. The summed E-state index contributed by atoms with van der Waals surface area (Å²) in [4.78, 5) is 20.9. The van der Waals surface area contributed by atoms with E-state index in [4.69, 9.17) is 9.47 Å². The lowest BCUT2D eigenvalue weighted by Crippen LogP contribution is -2.57. The maximum Gasteiger partial charge on any atom is 0.255 e. The van der Waals surface area contributed by atoms with Crippen molar-refractivity contribution in [1.29, 1.82) is 0 Å². The Morgan fingerprint density at radius 1 is 1.34 bits per heavy atom. The number of carbonyl (C=O) groups is 1. The molecule has 0 bridgehead atoms. The number of aliphatic hydroxyl groups excluding tert-OH is 1. The van der Waals surface area contributed by atoms with Gasteiger partial charge in [0.1, 0.15) is 0 Å². The highest BCUT2D eigenvalue weighted by molar-refractivity contribution is 5.94. The Labute approximate surface area is 170 Å². The number of aromatic nitrogens is 1. The van der Waals surface area contributed by atoms with Crippen molar-refractivity contribution in [2.24, 2.45) is 5.41 Å². The quantitative estimate of drug-likeness (QED) is 0.822. The van der Waals surface area contributed by atoms with Gasteiger partial charge in [-0.2, -0.15) is 0 Å². The summed E-state index contributed by atoms with van der Waals surface area (Å²) in [7, 11) is 1.35. The van der Waals surface area contributed by atoms with E-state index in [0.29, 0.717) is 19.1 Å². The molecule has 1 amide bonds. The minimum absolute atomic E-state index is 0.0379. The maximum atomic E-state index is 13.9. The molecule has 29 heavy (non-hydrogen) atoms. The van der Waals surface area contributed by atoms with Crippen LogP contribution in [0.4, 0.5) is 4.39 Å². The highest BCUT2D eigenvalue weighted by Gasteiger charge is 2.44. The molecule has 160 valence electrons. The van der Waals surface area contributed by atoms with Crippen LogP contribution in [0, 0.1) is 11.2 Å². The van der Waals surface area contributed by atoms with Gasteiger partial charge in [0.25, 0.3) is 5.91 Å². The van der Waals surface area contributed by atoms with Crippen molar-refractivity contribution in [3.8, 4) is 5.88 Å². The van der Waals surface area contributed by atoms with E-state index >= 15 is 0 Å². The molecule has 3 aliphatic rings. The third-order valence-electron chi connectivity index (χ3n) is 6.72. The number of ether oxygens (including phenoxy) is 2. The number of hydrogen-bond acceptors (Lipinski definition) is 6. The number of methoxy groups -OCH3 is 1. The van der Waals surface area contributed by atoms with E-state index in [0.717, 1.165) is 58.4 Å². The van der Waals surface area contributed by atoms with E-state index in [9.17, 15) is 14.3 Å². The van der Waals surface area contributed by atoms with Crippen LogP contribution in [-0.2, 0) is 4.74 Å². The van der Waals surface area contributed by atoms with Crippen LogP contribution in [0.15, 0.2) is 12.3 Å². The van der Waals surface area contributed by atoms with Crippen molar-refractivity contribution in [3.63, 3.8) is 0 Å². The van der Waals surface area contributed by atoms with E-state index in [1.807, 2.05) is 0 Å². The predicted molar refractivity (Wildman–Crippen MR) is 104 cm³/mol. The minimum Gasteiger partial charge on any atom is -0.479 e. The third-order valence-corrected chi connectivity index (χ3v) is 6.72. The van der Waals surface area contributed by atoms with Crippen LogP contribution in [-0.4, -0.2) is 84.4 Å². The first kappa shape index (κ1) is 20.5. The first-order chi connectivity index (χ1) is 14.0. The standard InChI is InChI=1S/C21H30FN3O4/c1-28-19-18(22)10-15(12-23-19)20(27)24-6-4-21(5-7-24)11-17(26)13-25(14-21)16-2-8-29-9-3-16/h10,12,16-17,26H,2-9,11,13-14H2,1H3. The second-order valence-corrected chi connectivity index (χ2v) is 8.64. The molecule has 1 spiro atoms. The van der Waals surface area contributed by atoms with Gasteiger partial charge in [-0.25, -0.2) is 9.37 Å². The molecule has 1 aromatic heterocycles. The van der Waals surface area contributed by atoms with E-state index in [1.165, 1.54) is 19.4 Å². The molecular weight excluding hydrogens is 377 g/mol. The summed E-state index contributed by atoms with van der Waals surface area (Å²) in [6, 6.07) is 1.67. The van der Waals surface area contributed by atoms with Crippen molar-refractivity contribution in [2.75, 3.05) is 46.5 Å².